The van der Waals surface area contributed by atoms with Crippen molar-refractivity contribution >= 4 is 17.8 Å². The van der Waals surface area contributed by atoms with Crippen molar-refractivity contribution in [1.82, 2.24) is 4.90 Å². The predicted molar refractivity (Wildman–Crippen MR) is 136 cm³/mol. The lowest BCUT2D eigenvalue weighted by Crippen LogP contribution is -2.38. The third-order valence-corrected chi connectivity index (χ3v) is 6.61. The monoisotopic (exact) mass is 537 g/mol. The molecule has 202 valence electrons. The number of alkyl halides is 3. The largest absolute Gasteiger partial charge is 0.465 e. The van der Waals surface area contributed by atoms with E-state index in [4.69, 9.17) is 9.47 Å². The number of carbonyl (C=O) groups is 3. The SMILES string of the molecule is COC(=O)c1ccc(CN2C(=O)CC(c3ccccc3C(F)(F)F)C(C(=O)OCc3ccccc3)=C2C)cc1. The van der Waals surface area contributed by atoms with Crippen LogP contribution >= 0.6 is 0 Å². The first-order valence-electron chi connectivity index (χ1n) is 12.2. The van der Waals surface area contributed by atoms with Gasteiger partial charge in [-0.05, 0) is 41.8 Å². The molecule has 3 aromatic carbocycles. The van der Waals surface area contributed by atoms with Crippen LogP contribution in [0.5, 0.6) is 0 Å². The van der Waals surface area contributed by atoms with Gasteiger partial charge in [0.15, 0.2) is 0 Å². The molecule has 1 atom stereocenters. The summed E-state index contributed by atoms with van der Waals surface area (Å²) in [5, 5.41) is 0. The Morgan fingerprint density at radius 2 is 1.54 bits per heavy atom. The van der Waals surface area contributed by atoms with Crippen molar-refractivity contribution in [2.45, 2.75) is 38.6 Å². The topological polar surface area (TPSA) is 72.9 Å². The van der Waals surface area contributed by atoms with Gasteiger partial charge in [0.25, 0.3) is 0 Å². The van der Waals surface area contributed by atoms with E-state index in [1.165, 1.54) is 37.1 Å². The van der Waals surface area contributed by atoms with Gasteiger partial charge in [0.05, 0.1) is 30.4 Å². The smallest absolute Gasteiger partial charge is 0.416 e. The van der Waals surface area contributed by atoms with Gasteiger partial charge in [0.1, 0.15) is 6.61 Å². The summed E-state index contributed by atoms with van der Waals surface area (Å²) in [5.74, 6) is -2.89. The summed E-state index contributed by atoms with van der Waals surface area (Å²) in [5.41, 5.74) is 0.832. The van der Waals surface area contributed by atoms with Gasteiger partial charge < -0.3 is 14.4 Å². The fourth-order valence-corrected chi connectivity index (χ4v) is 4.64. The Morgan fingerprint density at radius 1 is 0.897 bits per heavy atom. The van der Waals surface area contributed by atoms with Crippen molar-refractivity contribution < 1.29 is 37.0 Å². The number of benzene rings is 3. The quantitative estimate of drug-likeness (QED) is 0.345. The van der Waals surface area contributed by atoms with Crippen LogP contribution in [0.1, 0.15) is 51.9 Å². The number of allylic oxidation sites excluding steroid dienone is 1. The van der Waals surface area contributed by atoms with Crippen molar-refractivity contribution in [2.24, 2.45) is 0 Å². The van der Waals surface area contributed by atoms with Crippen LogP contribution in [0.3, 0.4) is 0 Å². The molecular formula is C30H26F3NO5. The van der Waals surface area contributed by atoms with E-state index in [1.807, 2.05) is 6.07 Å². The highest BCUT2D eigenvalue weighted by molar-refractivity contribution is 5.96. The molecule has 39 heavy (non-hydrogen) atoms. The number of carbonyl (C=O) groups excluding carboxylic acids is 3. The Morgan fingerprint density at radius 3 is 2.18 bits per heavy atom. The maximum atomic E-state index is 13.9. The van der Waals surface area contributed by atoms with Crippen molar-refractivity contribution in [3.05, 3.63) is 118 Å². The Kier molecular flexibility index (Phi) is 8.18. The number of hydrogen-bond donors (Lipinski definition) is 0. The van der Waals surface area contributed by atoms with Crippen LogP contribution in [0, 0.1) is 0 Å². The lowest BCUT2D eigenvalue weighted by molar-refractivity contribution is -0.143. The zero-order chi connectivity index (χ0) is 28.2. The molecule has 1 unspecified atom stereocenters. The molecule has 0 bridgehead atoms. The molecule has 6 nitrogen and oxygen atoms in total. The lowest BCUT2D eigenvalue weighted by Gasteiger charge is -2.35. The Balaban J connectivity index is 1.72. The van der Waals surface area contributed by atoms with Crippen LogP contribution < -0.4 is 0 Å². The minimum Gasteiger partial charge on any atom is -0.465 e. The van der Waals surface area contributed by atoms with Gasteiger partial charge in [-0.1, -0.05) is 60.7 Å². The second-order valence-corrected chi connectivity index (χ2v) is 9.07. The first kappa shape index (κ1) is 27.6. The lowest BCUT2D eigenvalue weighted by atomic mass is 9.81. The van der Waals surface area contributed by atoms with Crippen LogP contribution in [0.4, 0.5) is 13.2 Å². The minimum atomic E-state index is -4.68. The van der Waals surface area contributed by atoms with Crippen molar-refractivity contribution in [1.29, 1.82) is 0 Å². The molecule has 0 radical (unpaired) electrons. The number of ether oxygens (including phenoxy) is 2. The second kappa shape index (κ2) is 11.6. The number of halogens is 3. The highest BCUT2D eigenvalue weighted by Crippen LogP contribution is 2.43. The molecule has 1 aliphatic heterocycles. The number of esters is 2. The molecule has 0 saturated carbocycles. The molecular weight excluding hydrogens is 511 g/mol. The number of amides is 1. The standard InChI is InChI=1S/C30H26F3NO5/c1-19-27(29(37)39-18-21-8-4-3-5-9-21)24(23-10-6-7-11-25(23)30(31,32)33)16-26(35)34(19)17-20-12-14-22(15-13-20)28(36)38-2/h3-15,24H,16-18H2,1-2H3. The highest BCUT2D eigenvalue weighted by Gasteiger charge is 2.42. The zero-order valence-electron chi connectivity index (χ0n) is 21.3. The summed E-state index contributed by atoms with van der Waals surface area (Å²) in [7, 11) is 1.27. The van der Waals surface area contributed by atoms with E-state index >= 15 is 0 Å². The molecule has 0 fully saturated rings. The third kappa shape index (κ3) is 6.19. The predicted octanol–water partition coefficient (Wildman–Crippen LogP) is 6.03. The fourth-order valence-electron chi connectivity index (χ4n) is 4.64. The van der Waals surface area contributed by atoms with Gasteiger partial charge in [-0.3, -0.25) is 4.79 Å². The number of nitrogens with zero attached hydrogens (tertiary/aromatic N) is 1. The summed E-state index contributed by atoms with van der Waals surface area (Å²) in [6.07, 6.45) is -5.02. The zero-order valence-corrected chi connectivity index (χ0v) is 21.3. The van der Waals surface area contributed by atoms with Crippen LogP contribution in [0.25, 0.3) is 0 Å². The number of hydrogen-bond acceptors (Lipinski definition) is 5. The molecule has 1 amide bonds. The molecule has 0 aromatic heterocycles. The Bertz CT molecular complexity index is 1400. The van der Waals surface area contributed by atoms with E-state index in [2.05, 4.69) is 0 Å². The molecule has 1 heterocycles. The molecule has 1 aliphatic rings. The molecule has 3 aromatic rings. The number of rotatable bonds is 7. The van der Waals surface area contributed by atoms with Crippen LogP contribution in [0.15, 0.2) is 90.1 Å². The second-order valence-electron chi connectivity index (χ2n) is 9.07. The average molecular weight is 538 g/mol. The maximum absolute atomic E-state index is 13.9. The molecule has 0 spiro atoms. The van der Waals surface area contributed by atoms with E-state index < -0.39 is 35.5 Å². The molecule has 0 saturated heterocycles. The van der Waals surface area contributed by atoms with Gasteiger partial charge in [-0.15, -0.1) is 0 Å². The van der Waals surface area contributed by atoms with Gasteiger partial charge in [0, 0.05) is 18.0 Å². The van der Waals surface area contributed by atoms with Crippen molar-refractivity contribution in [3.8, 4) is 0 Å². The molecule has 4 rings (SSSR count). The molecule has 9 heteroatoms. The van der Waals surface area contributed by atoms with Gasteiger partial charge in [0.2, 0.25) is 5.91 Å². The van der Waals surface area contributed by atoms with Gasteiger partial charge in [-0.2, -0.15) is 13.2 Å². The molecule has 0 N–H and O–H groups in total. The first-order chi connectivity index (χ1) is 18.6. The Hall–Kier alpha value is -4.40. The Labute approximate surface area is 223 Å². The normalized spacial score (nSPS) is 15.8. The van der Waals surface area contributed by atoms with Crippen LogP contribution in [-0.2, 0) is 38.4 Å². The van der Waals surface area contributed by atoms with Crippen LogP contribution in [-0.4, -0.2) is 29.9 Å². The molecule has 0 aliphatic carbocycles. The summed E-state index contributed by atoms with van der Waals surface area (Å²) >= 11 is 0. The van der Waals surface area contributed by atoms with E-state index in [0.29, 0.717) is 16.7 Å². The summed E-state index contributed by atoms with van der Waals surface area (Å²) in [6.45, 7) is 1.50. The maximum Gasteiger partial charge on any atom is 0.416 e. The fraction of sp³-hybridized carbons (Fsp3) is 0.233. The minimum absolute atomic E-state index is 0.00610. The summed E-state index contributed by atoms with van der Waals surface area (Å²) in [4.78, 5) is 39.8. The third-order valence-electron chi connectivity index (χ3n) is 6.61. The van der Waals surface area contributed by atoms with E-state index in [-0.39, 0.29) is 36.4 Å². The summed E-state index contributed by atoms with van der Waals surface area (Å²) < 4.78 is 52.0. The first-order valence-corrected chi connectivity index (χ1v) is 12.2. The highest BCUT2D eigenvalue weighted by atomic mass is 19.4. The number of methoxy groups -OCH3 is 1. The van der Waals surface area contributed by atoms with Crippen LogP contribution in [0.2, 0.25) is 0 Å². The van der Waals surface area contributed by atoms with E-state index in [9.17, 15) is 27.6 Å². The van der Waals surface area contributed by atoms with E-state index in [0.717, 1.165) is 6.07 Å². The summed E-state index contributed by atoms with van der Waals surface area (Å²) in [6, 6.07) is 20.2. The van der Waals surface area contributed by atoms with Crippen molar-refractivity contribution in [3.63, 3.8) is 0 Å². The average Bonchev–Trinajstić information content (AvgIpc) is 2.93. The van der Waals surface area contributed by atoms with Gasteiger partial charge >= 0.3 is 18.1 Å². The van der Waals surface area contributed by atoms with Crippen molar-refractivity contribution in [2.75, 3.05) is 7.11 Å². The van der Waals surface area contributed by atoms with Gasteiger partial charge in [-0.25, -0.2) is 9.59 Å². The van der Waals surface area contributed by atoms with E-state index in [1.54, 1.807) is 48.5 Å².